The fraction of sp³-hybridized carbons (Fsp3) is 0.513. The first-order valence-corrected chi connectivity index (χ1v) is 17.3. The van der Waals surface area contributed by atoms with Crippen LogP contribution < -0.4 is 10.6 Å². The molecule has 4 aliphatic carbocycles. The lowest BCUT2D eigenvalue weighted by molar-refractivity contribution is -0.253. The average molecular weight is 624 g/mol. The number of rotatable bonds is 10. The molecule has 4 bridgehead atoms. The minimum Gasteiger partial charge on any atom is -0.392 e. The minimum atomic E-state index is -0.511. The van der Waals surface area contributed by atoms with Crippen LogP contribution in [0.4, 0.5) is 4.79 Å². The fourth-order valence-electron chi connectivity index (χ4n) is 9.02. The summed E-state index contributed by atoms with van der Waals surface area (Å²) in [5, 5.41) is 16.1. The van der Waals surface area contributed by atoms with E-state index in [9.17, 15) is 9.90 Å². The summed E-state index contributed by atoms with van der Waals surface area (Å²) in [5.41, 5.74) is 5.26. The monoisotopic (exact) mass is 623 g/mol. The van der Waals surface area contributed by atoms with Gasteiger partial charge in [-0.1, -0.05) is 78.9 Å². The van der Waals surface area contributed by atoms with Crippen molar-refractivity contribution in [3.05, 3.63) is 107 Å². The Labute approximate surface area is 273 Å². The van der Waals surface area contributed by atoms with Crippen LogP contribution in [0.25, 0.3) is 0 Å². The number of urea groups is 1. The molecule has 0 aromatic heterocycles. The summed E-state index contributed by atoms with van der Waals surface area (Å²) >= 11 is 0. The number of hydrogen-bond donors (Lipinski definition) is 3. The highest BCUT2D eigenvalue weighted by Gasteiger charge is 2.51. The van der Waals surface area contributed by atoms with Gasteiger partial charge in [0.1, 0.15) is 0 Å². The van der Waals surface area contributed by atoms with E-state index in [-0.39, 0.29) is 36.4 Å². The quantitative estimate of drug-likeness (QED) is 0.223. The van der Waals surface area contributed by atoms with Crippen molar-refractivity contribution in [2.75, 3.05) is 13.6 Å². The third-order valence-corrected chi connectivity index (χ3v) is 11.2. The Morgan fingerprint density at radius 2 is 1.46 bits per heavy atom. The highest BCUT2D eigenvalue weighted by atomic mass is 16.7. The van der Waals surface area contributed by atoms with Crippen molar-refractivity contribution in [2.45, 2.75) is 95.1 Å². The van der Waals surface area contributed by atoms with E-state index in [4.69, 9.17) is 9.47 Å². The molecule has 8 rings (SSSR count). The van der Waals surface area contributed by atoms with Crippen molar-refractivity contribution >= 4 is 6.03 Å². The number of likely N-dealkylation sites (N-methyl/N-ethyl adjacent to an activating group) is 1. The summed E-state index contributed by atoms with van der Waals surface area (Å²) < 4.78 is 13.2. The molecular formula is C39H49N3O4. The maximum Gasteiger partial charge on any atom is 0.315 e. The van der Waals surface area contributed by atoms with E-state index in [1.54, 1.807) is 0 Å². The van der Waals surface area contributed by atoms with Crippen molar-refractivity contribution in [2.24, 2.45) is 17.8 Å². The normalized spacial score (nSPS) is 30.7. The van der Waals surface area contributed by atoms with Crippen LogP contribution in [-0.4, -0.2) is 41.3 Å². The van der Waals surface area contributed by atoms with Gasteiger partial charge in [-0.3, -0.25) is 4.90 Å². The molecule has 244 valence electrons. The molecule has 4 unspecified atom stereocenters. The van der Waals surface area contributed by atoms with Gasteiger partial charge in [-0.15, -0.1) is 0 Å². The summed E-state index contributed by atoms with van der Waals surface area (Å²) in [6.07, 6.45) is 7.60. The number of nitrogens with one attached hydrogen (secondary N) is 2. The van der Waals surface area contributed by atoms with Crippen LogP contribution in [-0.2, 0) is 22.6 Å². The molecule has 2 amide bonds. The number of hydrogen-bond acceptors (Lipinski definition) is 5. The van der Waals surface area contributed by atoms with E-state index in [0.29, 0.717) is 6.54 Å². The molecule has 1 saturated heterocycles. The van der Waals surface area contributed by atoms with Crippen molar-refractivity contribution in [3.8, 4) is 0 Å². The predicted octanol–water partition coefficient (Wildman–Crippen LogP) is 7.19. The van der Waals surface area contributed by atoms with Gasteiger partial charge >= 0.3 is 6.03 Å². The van der Waals surface area contributed by atoms with Crippen molar-refractivity contribution < 1.29 is 19.4 Å². The van der Waals surface area contributed by atoms with E-state index in [1.807, 2.05) is 12.1 Å². The number of aliphatic hydroxyl groups excluding tert-OH is 1. The lowest BCUT2D eigenvalue weighted by Crippen LogP contribution is -2.61. The second-order valence-corrected chi connectivity index (χ2v) is 14.6. The lowest BCUT2D eigenvalue weighted by Gasteiger charge is -2.56. The molecule has 4 atom stereocenters. The van der Waals surface area contributed by atoms with Crippen LogP contribution in [0.15, 0.2) is 78.9 Å². The Bertz CT molecular complexity index is 1430. The smallest absolute Gasteiger partial charge is 0.315 e. The lowest BCUT2D eigenvalue weighted by atomic mass is 9.53. The Hall–Kier alpha value is -3.23. The summed E-state index contributed by atoms with van der Waals surface area (Å²) in [5.74, 6) is 2.40. The van der Waals surface area contributed by atoms with Gasteiger partial charge in [0.2, 0.25) is 0 Å². The Kier molecular flexibility index (Phi) is 9.19. The molecule has 1 heterocycles. The molecule has 5 aliphatic rings. The molecule has 7 heteroatoms. The molecule has 4 saturated carbocycles. The van der Waals surface area contributed by atoms with E-state index in [0.717, 1.165) is 72.2 Å². The number of ether oxygens (including phenoxy) is 2. The first-order valence-electron chi connectivity index (χ1n) is 17.3. The molecule has 5 fully saturated rings. The molecule has 0 radical (unpaired) electrons. The zero-order chi connectivity index (χ0) is 31.7. The van der Waals surface area contributed by atoms with Gasteiger partial charge in [0.15, 0.2) is 6.29 Å². The Balaban J connectivity index is 0.996. The van der Waals surface area contributed by atoms with Gasteiger partial charge in [0.25, 0.3) is 0 Å². The maximum absolute atomic E-state index is 13.0. The van der Waals surface area contributed by atoms with Gasteiger partial charge in [-0.05, 0) is 92.5 Å². The van der Waals surface area contributed by atoms with Crippen LogP contribution in [0, 0.1) is 17.8 Å². The van der Waals surface area contributed by atoms with Gasteiger partial charge in [0, 0.05) is 36.7 Å². The van der Waals surface area contributed by atoms with Gasteiger partial charge in [-0.2, -0.15) is 0 Å². The first-order chi connectivity index (χ1) is 22.3. The number of carbonyl (C=O) groups excluding carboxylic acids is 1. The fourth-order valence-corrected chi connectivity index (χ4v) is 9.02. The van der Waals surface area contributed by atoms with Crippen LogP contribution in [0.1, 0.15) is 98.1 Å². The largest absolute Gasteiger partial charge is 0.392 e. The molecule has 46 heavy (non-hydrogen) atoms. The molecule has 3 aromatic rings. The molecule has 3 N–H and O–H groups in total. The second kappa shape index (κ2) is 13.5. The van der Waals surface area contributed by atoms with Crippen LogP contribution in [0.3, 0.4) is 0 Å². The summed E-state index contributed by atoms with van der Waals surface area (Å²) in [7, 11) is 2.15. The topological polar surface area (TPSA) is 83.1 Å². The average Bonchev–Trinajstić information content (AvgIpc) is 3.06. The third kappa shape index (κ3) is 7.03. The number of carbonyl (C=O) groups is 1. The van der Waals surface area contributed by atoms with Crippen molar-refractivity contribution in [1.29, 1.82) is 0 Å². The van der Waals surface area contributed by atoms with Gasteiger partial charge in [0.05, 0.1) is 18.8 Å². The van der Waals surface area contributed by atoms with Crippen LogP contribution in [0.5, 0.6) is 0 Å². The van der Waals surface area contributed by atoms with E-state index in [2.05, 4.69) is 96.2 Å². The third-order valence-electron chi connectivity index (χ3n) is 11.2. The molecule has 0 spiro atoms. The Morgan fingerprint density at radius 1 is 0.848 bits per heavy atom. The van der Waals surface area contributed by atoms with Crippen LogP contribution >= 0.6 is 0 Å². The van der Waals surface area contributed by atoms with E-state index >= 15 is 0 Å². The number of benzene rings is 3. The first kappa shape index (κ1) is 31.4. The van der Waals surface area contributed by atoms with E-state index in [1.165, 1.54) is 24.8 Å². The highest BCUT2D eigenvalue weighted by molar-refractivity contribution is 5.75. The van der Waals surface area contributed by atoms with Crippen molar-refractivity contribution in [1.82, 2.24) is 15.5 Å². The van der Waals surface area contributed by atoms with E-state index < -0.39 is 6.29 Å². The van der Waals surface area contributed by atoms with Gasteiger partial charge in [-0.25, -0.2) is 4.79 Å². The van der Waals surface area contributed by atoms with Crippen LogP contribution in [0.2, 0.25) is 0 Å². The maximum atomic E-state index is 13.0. The second-order valence-electron chi connectivity index (χ2n) is 14.6. The highest BCUT2D eigenvalue weighted by Crippen LogP contribution is 2.55. The Morgan fingerprint density at radius 3 is 2.09 bits per heavy atom. The summed E-state index contributed by atoms with van der Waals surface area (Å²) in [6, 6.07) is 27.0. The standard InChI is InChI=1S/C39H49N3O4/c1-26(32-6-4-3-5-7-32)42(2)24-35-19-36(33-12-10-28(25-43)11-13-33)46-37(45-35)34-14-8-27(9-15-34)23-40-38(44)41-39-20-29-16-30(21-39)18-31(17-29)22-39/h3-15,26,29-31,35-37,43H,16-25H2,1-2H3,(H2,40,41,44). The number of aliphatic hydroxyl groups is 1. The molecule has 1 aliphatic heterocycles. The molecular weight excluding hydrogens is 574 g/mol. The van der Waals surface area contributed by atoms with Gasteiger partial charge < -0.3 is 25.2 Å². The van der Waals surface area contributed by atoms with Crippen molar-refractivity contribution in [3.63, 3.8) is 0 Å². The zero-order valence-electron chi connectivity index (χ0n) is 27.2. The number of amides is 2. The molecule has 7 nitrogen and oxygen atoms in total. The molecule has 3 aromatic carbocycles. The predicted molar refractivity (Wildman–Crippen MR) is 179 cm³/mol. The summed E-state index contributed by atoms with van der Waals surface area (Å²) in [6.45, 7) is 3.50. The summed E-state index contributed by atoms with van der Waals surface area (Å²) in [4.78, 5) is 15.4. The minimum absolute atomic E-state index is 0.0107. The number of nitrogens with zero attached hydrogens (tertiary/aromatic N) is 1. The zero-order valence-corrected chi connectivity index (χ0v) is 27.2. The SMILES string of the molecule is CC(c1ccccc1)N(C)CC1CC(c2ccc(CO)cc2)OC(c2ccc(CNC(=O)NC34CC5CC(CC(C5)C3)C4)cc2)O1.